The number of rotatable bonds is 6. The maximum atomic E-state index is 12.2. The van der Waals surface area contributed by atoms with Crippen LogP contribution >= 0.6 is 0 Å². The van der Waals surface area contributed by atoms with E-state index in [0.29, 0.717) is 12.1 Å². The molecule has 2 rings (SSSR count). The van der Waals surface area contributed by atoms with E-state index in [0.717, 1.165) is 23.4 Å². The summed E-state index contributed by atoms with van der Waals surface area (Å²) in [5.41, 5.74) is 3.35. The average Bonchev–Trinajstić information content (AvgIpc) is 2.54. The lowest BCUT2D eigenvalue weighted by molar-refractivity contribution is 0.0951. The number of carbonyl (C=O) groups is 1. The van der Waals surface area contributed by atoms with Gasteiger partial charge < -0.3 is 15.7 Å². The molecule has 0 radical (unpaired) electrons. The molecule has 2 aromatic rings. The quantitative estimate of drug-likeness (QED) is 0.764. The van der Waals surface area contributed by atoms with Gasteiger partial charge in [0.15, 0.2) is 0 Å². The van der Waals surface area contributed by atoms with E-state index in [2.05, 4.69) is 10.6 Å². The summed E-state index contributed by atoms with van der Waals surface area (Å²) in [5, 5.41) is 15.1. The van der Waals surface area contributed by atoms with Crippen LogP contribution in [0.3, 0.4) is 0 Å². The van der Waals surface area contributed by atoms with Crippen molar-refractivity contribution in [3.63, 3.8) is 0 Å². The highest BCUT2D eigenvalue weighted by Gasteiger charge is 2.09. The van der Waals surface area contributed by atoms with Crippen LogP contribution in [0.5, 0.6) is 0 Å². The number of benzene rings is 2. The maximum Gasteiger partial charge on any atom is 0.253 e. The van der Waals surface area contributed by atoms with E-state index in [9.17, 15) is 4.79 Å². The third-order valence-corrected chi connectivity index (χ3v) is 3.20. The molecule has 0 fully saturated rings. The zero-order valence-electron chi connectivity index (χ0n) is 12.1. The van der Waals surface area contributed by atoms with Crippen molar-refractivity contribution in [3.8, 4) is 0 Å². The first-order chi connectivity index (χ1) is 10.2. The van der Waals surface area contributed by atoms with Crippen LogP contribution < -0.4 is 10.6 Å². The monoisotopic (exact) mass is 284 g/mol. The Balaban J connectivity index is 2.01. The number of para-hydroxylation sites is 1. The van der Waals surface area contributed by atoms with Gasteiger partial charge in [0.05, 0.1) is 12.2 Å². The molecule has 3 N–H and O–H groups in total. The predicted molar refractivity (Wildman–Crippen MR) is 84.1 cm³/mol. The van der Waals surface area contributed by atoms with E-state index >= 15 is 0 Å². The highest BCUT2D eigenvalue weighted by atomic mass is 16.3. The Kier molecular flexibility index (Phi) is 5.35. The molecule has 0 bridgehead atoms. The van der Waals surface area contributed by atoms with Crippen molar-refractivity contribution in [2.24, 2.45) is 0 Å². The lowest BCUT2D eigenvalue weighted by Gasteiger charge is -2.11. The Morgan fingerprint density at radius 1 is 1.05 bits per heavy atom. The van der Waals surface area contributed by atoms with Crippen LogP contribution in [0.15, 0.2) is 48.5 Å². The largest absolute Gasteiger partial charge is 0.392 e. The highest BCUT2D eigenvalue weighted by molar-refractivity contribution is 5.99. The molecule has 0 heterocycles. The fourth-order valence-corrected chi connectivity index (χ4v) is 2.07. The second-order valence-electron chi connectivity index (χ2n) is 4.73. The number of hydrogen-bond acceptors (Lipinski definition) is 3. The van der Waals surface area contributed by atoms with Gasteiger partial charge in [-0.3, -0.25) is 4.79 Å². The molecule has 0 aliphatic heterocycles. The Bertz CT molecular complexity index is 594. The van der Waals surface area contributed by atoms with Gasteiger partial charge in [-0.15, -0.1) is 0 Å². The summed E-state index contributed by atoms with van der Waals surface area (Å²) in [6.07, 6.45) is 0. The molecule has 0 spiro atoms. The van der Waals surface area contributed by atoms with Crippen molar-refractivity contribution in [1.29, 1.82) is 0 Å². The summed E-state index contributed by atoms with van der Waals surface area (Å²) in [4.78, 5) is 12.2. The van der Waals surface area contributed by atoms with Gasteiger partial charge in [0.2, 0.25) is 0 Å². The minimum atomic E-state index is -0.0993. The van der Waals surface area contributed by atoms with Crippen LogP contribution in [0.25, 0.3) is 0 Å². The van der Waals surface area contributed by atoms with Crippen molar-refractivity contribution in [1.82, 2.24) is 5.32 Å². The van der Waals surface area contributed by atoms with E-state index in [-0.39, 0.29) is 12.5 Å². The van der Waals surface area contributed by atoms with Crippen LogP contribution in [0.2, 0.25) is 0 Å². The molecule has 0 aliphatic rings. The predicted octanol–water partition coefficient (Wildman–Crippen LogP) is 2.54. The SMILES string of the molecule is CCNc1ccccc1C(=O)NCc1ccc(CO)cc1. The van der Waals surface area contributed by atoms with Crippen molar-refractivity contribution < 1.29 is 9.90 Å². The fraction of sp³-hybridized carbons (Fsp3) is 0.235. The van der Waals surface area contributed by atoms with Gasteiger partial charge in [0, 0.05) is 18.8 Å². The molecule has 0 aromatic heterocycles. The van der Waals surface area contributed by atoms with Gasteiger partial charge in [-0.1, -0.05) is 36.4 Å². The van der Waals surface area contributed by atoms with Crippen molar-refractivity contribution in [2.75, 3.05) is 11.9 Å². The number of aliphatic hydroxyl groups excluding tert-OH is 1. The molecule has 0 saturated heterocycles. The smallest absolute Gasteiger partial charge is 0.253 e. The summed E-state index contributed by atoms with van der Waals surface area (Å²) < 4.78 is 0. The van der Waals surface area contributed by atoms with Gasteiger partial charge >= 0.3 is 0 Å². The maximum absolute atomic E-state index is 12.2. The van der Waals surface area contributed by atoms with E-state index in [4.69, 9.17) is 5.11 Å². The Morgan fingerprint density at radius 2 is 1.71 bits per heavy atom. The first-order valence-electron chi connectivity index (χ1n) is 7.04. The van der Waals surface area contributed by atoms with Gasteiger partial charge in [0.1, 0.15) is 0 Å². The summed E-state index contributed by atoms with van der Waals surface area (Å²) in [6.45, 7) is 3.26. The number of anilines is 1. The lowest BCUT2D eigenvalue weighted by atomic mass is 10.1. The Morgan fingerprint density at radius 3 is 2.38 bits per heavy atom. The topological polar surface area (TPSA) is 61.4 Å². The molecule has 2 aromatic carbocycles. The van der Waals surface area contributed by atoms with Crippen LogP contribution in [-0.2, 0) is 13.2 Å². The molecule has 0 saturated carbocycles. The molecule has 110 valence electrons. The van der Waals surface area contributed by atoms with Crippen LogP contribution in [0, 0.1) is 0 Å². The first kappa shape index (κ1) is 15.1. The molecular weight excluding hydrogens is 264 g/mol. The molecule has 1 amide bonds. The number of hydrogen-bond donors (Lipinski definition) is 3. The second kappa shape index (κ2) is 7.45. The number of carbonyl (C=O) groups excluding carboxylic acids is 1. The van der Waals surface area contributed by atoms with Gasteiger partial charge in [-0.05, 0) is 30.2 Å². The highest BCUT2D eigenvalue weighted by Crippen LogP contribution is 2.14. The molecule has 21 heavy (non-hydrogen) atoms. The minimum absolute atomic E-state index is 0.0305. The van der Waals surface area contributed by atoms with E-state index in [1.165, 1.54) is 0 Å². The summed E-state index contributed by atoms with van der Waals surface area (Å²) in [6, 6.07) is 15.0. The summed E-state index contributed by atoms with van der Waals surface area (Å²) >= 11 is 0. The van der Waals surface area contributed by atoms with E-state index < -0.39 is 0 Å². The van der Waals surface area contributed by atoms with Crippen LogP contribution in [0.1, 0.15) is 28.4 Å². The number of aliphatic hydroxyl groups is 1. The molecule has 4 nitrogen and oxygen atoms in total. The summed E-state index contributed by atoms with van der Waals surface area (Å²) in [5.74, 6) is -0.0993. The zero-order chi connectivity index (χ0) is 15.1. The first-order valence-corrected chi connectivity index (χ1v) is 7.04. The normalized spacial score (nSPS) is 10.2. The number of amides is 1. The number of nitrogens with one attached hydrogen (secondary N) is 2. The van der Waals surface area contributed by atoms with Crippen LogP contribution in [-0.4, -0.2) is 17.6 Å². The van der Waals surface area contributed by atoms with Gasteiger partial charge in [-0.2, -0.15) is 0 Å². The Hall–Kier alpha value is -2.33. The molecule has 0 unspecified atom stereocenters. The third-order valence-electron chi connectivity index (χ3n) is 3.20. The van der Waals surface area contributed by atoms with Crippen molar-refractivity contribution in [3.05, 3.63) is 65.2 Å². The molecular formula is C17H20N2O2. The van der Waals surface area contributed by atoms with Gasteiger partial charge in [0.25, 0.3) is 5.91 Å². The fourth-order valence-electron chi connectivity index (χ4n) is 2.07. The van der Waals surface area contributed by atoms with Crippen LogP contribution in [0.4, 0.5) is 5.69 Å². The molecule has 0 aliphatic carbocycles. The van der Waals surface area contributed by atoms with Crippen molar-refractivity contribution >= 4 is 11.6 Å². The molecule has 4 heteroatoms. The van der Waals surface area contributed by atoms with Crippen molar-refractivity contribution in [2.45, 2.75) is 20.1 Å². The molecule has 0 atom stereocenters. The van der Waals surface area contributed by atoms with Gasteiger partial charge in [-0.25, -0.2) is 0 Å². The van der Waals surface area contributed by atoms with E-state index in [1.54, 1.807) is 0 Å². The second-order valence-corrected chi connectivity index (χ2v) is 4.73. The minimum Gasteiger partial charge on any atom is -0.392 e. The summed E-state index contributed by atoms with van der Waals surface area (Å²) in [7, 11) is 0. The van der Waals surface area contributed by atoms with E-state index in [1.807, 2.05) is 55.5 Å². The standard InChI is InChI=1S/C17H20N2O2/c1-2-18-16-6-4-3-5-15(16)17(21)19-11-13-7-9-14(12-20)10-8-13/h3-10,18,20H,2,11-12H2,1H3,(H,19,21). The Labute approximate surface area is 124 Å². The third kappa shape index (κ3) is 4.07. The zero-order valence-corrected chi connectivity index (χ0v) is 12.1. The lowest BCUT2D eigenvalue weighted by Crippen LogP contribution is -2.24. The average molecular weight is 284 g/mol.